The number of carbonyl (C=O) groups is 3. The van der Waals surface area contributed by atoms with Crippen LogP contribution in [0, 0.1) is 0 Å². The summed E-state index contributed by atoms with van der Waals surface area (Å²) in [6, 6.07) is 13.8. The molecule has 0 bridgehead atoms. The van der Waals surface area contributed by atoms with Crippen LogP contribution in [0.1, 0.15) is 29.6 Å². The molecule has 2 aromatic carbocycles. The minimum atomic E-state index is -0.505. The normalized spacial score (nSPS) is 19.0. The van der Waals surface area contributed by atoms with Gasteiger partial charge in [0, 0.05) is 16.7 Å². The lowest BCUT2D eigenvalue weighted by molar-refractivity contribution is -0.125. The van der Waals surface area contributed by atoms with E-state index in [0.717, 1.165) is 17.3 Å². The van der Waals surface area contributed by atoms with E-state index >= 15 is 0 Å². The maximum Gasteiger partial charge on any atom is 0.256 e. The fourth-order valence-electron chi connectivity index (χ4n) is 3.81. The molecule has 2 heterocycles. The average Bonchev–Trinajstić information content (AvgIpc) is 2.80. The van der Waals surface area contributed by atoms with Gasteiger partial charge in [0.2, 0.25) is 11.8 Å². The summed E-state index contributed by atoms with van der Waals surface area (Å²) in [5.41, 5.74) is 1.62. The molecular formula is C21H20BrN3O3. The molecule has 2 aliphatic rings. The number of carbonyl (C=O) groups excluding carboxylic acids is 3. The lowest BCUT2D eigenvalue weighted by atomic mass is 10.0. The van der Waals surface area contributed by atoms with Gasteiger partial charge in [0.05, 0.1) is 11.3 Å². The molecule has 144 valence electrons. The predicted molar refractivity (Wildman–Crippen MR) is 110 cm³/mol. The van der Waals surface area contributed by atoms with Gasteiger partial charge in [0.1, 0.15) is 12.6 Å². The van der Waals surface area contributed by atoms with E-state index < -0.39 is 6.04 Å². The lowest BCUT2D eigenvalue weighted by Crippen LogP contribution is -2.52. The third-order valence-electron chi connectivity index (χ3n) is 5.17. The molecule has 1 unspecified atom stereocenters. The molecule has 0 aliphatic carbocycles. The molecule has 2 aliphatic heterocycles. The minimum absolute atomic E-state index is 0.135. The lowest BCUT2D eigenvalue weighted by Gasteiger charge is -2.34. The number of nitrogens with one attached hydrogen (secondary N) is 1. The van der Waals surface area contributed by atoms with Crippen LogP contribution in [-0.4, -0.2) is 41.8 Å². The summed E-state index contributed by atoms with van der Waals surface area (Å²) in [5.74, 6) is -0.629. The largest absolute Gasteiger partial charge is 0.327 e. The van der Waals surface area contributed by atoms with Crippen LogP contribution >= 0.6 is 15.9 Å². The molecule has 1 saturated heterocycles. The number of hydrogen-bond acceptors (Lipinski definition) is 3. The Bertz CT molecular complexity index is 929. The van der Waals surface area contributed by atoms with Gasteiger partial charge in [-0.1, -0.05) is 28.1 Å². The molecule has 0 radical (unpaired) electrons. The van der Waals surface area contributed by atoms with Crippen molar-refractivity contribution in [2.45, 2.75) is 25.3 Å². The van der Waals surface area contributed by atoms with Gasteiger partial charge in [0.25, 0.3) is 5.91 Å². The van der Waals surface area contributed by atoms with Crippen LogP contribution in [0.2, 0.25) is 0 Å². The number of halogens is 1. The van der Waals surface area contributed by atoms with Gasteiger partial charge in [-0.15, -0.1) is 0 Å². The van der Waals surface area contributed by atoms with Crippen molar-refractivity contribution in [3.05, 3.63) is 58.6 Å². The highest BCUT2D eigenvalue weighted by atomic mass is 79.9. The smallest absolute Gasteiger partial charge is 0.256 e. The Labute approximate surface area is 171 Å². The summed E-state index contributed by atoms with van der Waals surface area (Å²) < 4.78 is 0.915. The van der Waals surface area contributed by atoms with Crippen LogP contribution in [0.15, 0.2) is 53.0 Å². The van der Waals surface area contributed by atoms with Crippen LogP contribution in [0.5, 0.6) is 0 Å². The zero-order valence-electron chi connectivity index (χ0n) is 15.2. The van der Waals surface area contributed by atoms with E-state index in [1.54, 1.807) is 41.3 Å². The van der Waals surface area contributed by atoms with Gasteiger partial charge < -0.3 is 15.1 Å². The van der Waals surface area contributed by atoms with Crippen molar-refractivity contribution >= 4 is 45.0 Å². The van der Waals surface area contributed by atoms with E-state index in [2.05, 4.69) is 21.2 Å². The monoisotopic (exact) mass is 441 g/mol. The van der Waals surface area contributed by atoms with Crippen molar-refractivity contribution in [2.24, 2.45) is 0 Å². The zero-order valence-corrected chi connectivity index (χ0v) is 16.8. The Morgan fingerprint density at radius 1 is 1.07 bits per heavy atom. The van der Waals surface area contributed by atoms with Crippen molar-refractivity contribution in [1.29, 1.82) is 0 Å². The number of rotatable bonds is 3. The Hall–Kier alpha value is -2.67. The minimum Gasteiger partial charge on any atom is -0.327 e. The number of fused-ring (bicyclic) bond motifs is 2. The second kappa shape index (κ2) is 7.75. The second-order valence-electron chi connectivity index (χ2n) is 7.01. The summed E-state index contributed by atoms with van der Waals surface area (Å²) in [4.78, 5) is 42.1. The number of nitrogens with zero attached hydrogens (tertiary/aromatic N) is 2. The fraction of sp³-hybridized carbons (Fsp3) is 0.286. The number of benzene rings is 2. The van der Waals surface area contributed by atoms with E-state index in [1.807, 2.05) is 12.1 Å². The first-order valence-electron chi connectivity index (χ1n) is 9.31. The van der Waals surface area contributed by atoms with Crippen molar-refractivity contribution in [1.82, 2.24) is 4.90 Å². The third kappa shape index (κ3) is 3.54. The van der Waals surface area contributed by atoms with Crippen LogP contribution in [0.4, 0.5) is 11.4 Å². The van der Waals surface area contributed by atoms with Gasteiger partial charge >= 0.3 is 0 Å². The Kier molecular flexibility index (Phi) is 5.17. The molecule has 28 heavy (non-hydrogen) atoms. The topological polar surface area (TPSA) is 69.7 Å². The molecule has 3 amide bonds. The number of piperidine rings is 1. The van der Waals surface area contributed by atoms with Gasteiger partial charge in [-0.3, -0.25) is 14.4 Å². The van der Waals surface area contributed by atoms with Crippen molar-refractivity contribution in [3.63, 3.8) is 0 Å². The van der Waals surface area contributed by atoms with Crippen LogP contribution < -0.4 is 10.2 Å². The first kappa shape index (κ1) is 18.7. The van der Waals surface area contributed by atoms with Crippen molar-refractivity contribution in [3.8, 4) is 0 Å². The number of anilines is 2. The van der Waals surface area contributed by atoms with Gasteiger partial charge in [0.15, 0.2) is 0 Å². The first-order valence-corrected chi connectivity index (χ1v) is 10.1. The third-order valence-corrected chi connectivity index (χ3v) is 5.70. The highest BCUT2D eigenvalue weighted by Crippen LogP contribution is 2.31. The molecule has 6 nitrogen and oxygen atoms in total. The Balaban J connectivity index is 1.63. The average molecular weight is 442 g/mol. The van der Waals surface area contributed by atoms with E-state index in [9.17, 15) is 14.4 Å². The number of hydrogen-bond donors (Lipinski definition) is 1. The number of para-hydroxylation sites is 1. The van der Waals surface area contributed by atoms with Gasteiger partial charge in [-0.05, 0) is 55.7 Å². The number of amides is 3. The van der Waals surface area contributed by atoms with Gasteiger partial charge in [-0.25, -0.2) is 0 Å². The van der Waals surface area contributed by atoms with Crippen molar-refractivity contribution in [2.75, 3.05) is 23.3 Å². The van der Waals surface area contributed by atoms with Crippen LogP contribution in [0.25, 0.3) is 0 Å². The second-order valence-corrected chi connectivity index (χ2v) is 7.92. The summed E-state index contributed by atoms with van der Waals surface area (Å²) in [5, 5.41) is 2.82. The molecule has 2 aromatic rings. The summed E-state index contributed by atoms with van der Waals surface area (Å²) in [6.45, 7) is 0.437. The SMILES string of the molecule is O=C(CN1C(=O)C2CCCCN2C(=O)c2ccccc21)Nc1ccc(Br)cc1. The Morgan fingerprint density at radius 3 is 2.61 bits per heavy atom. The molecule has 0 aromatic heterocycles. The summed E-state index contributed by atoms with van der Waals surface area (Å²) in [6.07, 6.45) is 2.42. The highest BCUT2D eigenvalue weighted by molar-refractivity contribution is 9.10. The summed E-state index contributed by atoms with van der Waals surface area (Å²) >= 11 is 3.36. The predicted octanol–water partition coefficient (Wildman–Crippen LogP) is 3.43. The quantitative estimate of drug-likeness (QED) is 0.792. The summed E-state index contributed by atoms with van der Waals surface area (Å²) in [7, 11) is 0. The zero-order chi connectivity index (χ0) is 19.7. The maximum absolute atomic E-state index is 13.3. The van der Waals surface area contributed by atoms with E-state index in [1.165, 1.54) is 4.90 Å². The molecule has 0 spiro atoms. The molecule has 7 heteroatoms. The van der Waals surface area contributed by atoms with E-state index in [-0.39, 0.29) is 24.3 Å². The van der Waals surface area contributed by atoms with Gasteiger partial charge in [-0.2, -0.15) is 0 Å². The van der Waals surface area contributed by atoms with Crippen molar-refractivity contribution < 1.29 is 14.4 Å². The first-order chi connectivity index (χ1) is 13.5. The standard InChI is InChI=1S/C21H20BrN3O3/c22-14-8-10-15(11-9-14)23-19(26)13-25-17-6-2-1-5-16(17)20(27)24-12-4-3-7-18(24)21(25)28/h1-2,5-6,8-11,18H,3-4,7,12-13H2,(H,23,26). The molecule has 1 fully saturated rings. The molecular weight excluding hydrogens is 422 g/mol. The van der Waals surface area contributed by atoms with E-state index in [4.69, 9.17) is 0 Å². The maximum atomic E-state index is 13.3. The highest BCUT2D eigenvalue weighted by Gasteiger charge is 2.40. The molecule has 0 saturated carbocycles. The fourth-order valence-corrected chi connectivity index (χ4v) is 4.08. The molecule has 4 rings (SSSR count). The Morgan fingerprint density at radius 2 is 1.82 bits per heavy atom. The van der Waals surface area contributed by atoms with E-state index in [0.29, 0.717) is 29.9 Å². The van der Waals surface area contributed by atoms with Crippen LogP contribution in [0.3, 0.4) is 0 Å². The molecule has 1 N–H and O–H groups in total. The van der Waals surface area contributed by atoms with Crippen LogP contribution in [-0.2, 0) is 9.59 Å². The molecule has 1 atom stereocenters.